The number of nitriles is 1. The summed E-state index contributed by atoms with van der Waals surface area (Å²) in [5.41, 5.74) is 0.610. The number of hydrogen-bond acceptors (Lipinski definition) is 4. The lowest BCUT2D eigenvalue weighted by Crippen LogP contribution is -2.58. The molecule has 20 heavy (non-hydrogen) atoms. The van der Waals surface area contributed by atoms with Gasteiger partial charge in [0.2, 0.25) is 10.0 Å². The molecule has 0 radical (unpaired) electrons. The third-order valence-electron chi connectivity index (χ3n) is 3.38. The van der Waals surface area contributed by atoms with Crippen LogP contribution in [0.2, 0.25) is 0 Å². The fourth-order valence-corrected chi connectivity index (χ4v) is 3.92. The highest BCUT2D eigenvalue weighted by atomic mass is 32.2. The maximum Gasteiger partial charge on any atom is 0.243 e. The van der Waals surface area contributed by atoms with Crippen molar-refractivity contribution in [2.75, 3.05) is 19.6 Å². The van der Waals surface area contributed by atoms with E-state index in [9.17, 15) is 8.42 Å². The van der Waals surface area contributed by atoms with Gasteiger partial charge >= 0.3 is 0 Å². The summed E-state index contributed by atoms with van der Waals surface area (Å²) in [5.74, 6) is 0. The predicted octanol–water partition coefficient (Wildman–Crippen LogP) is 1.13. The lowest BCUT2D eigenvalue weighted by molar-refractivity contribution is 0.233. The highest BCUT2D eigenvalue weighted by Crippen LogP contribution is 2.21. The number of benzene rings is 1. The Balaban J connectivity index is 2.24. The summed E-state index contributed by atoms with van der Waals surface area (Å²) in [4.78, 5) is 0.289. The van der Waals surface area contributed by atoms with E-state index in [0.29, 0.717) is 26.1 Å². The Morgan fingerprint density at radius 3 is 2.55 bits per heavy atom. The summed E-state index contributed by atoms with van der Waals surface area (Å²) in [6, 6.07) is 8.60. The van der Waals surface area contributed by atoms with E-state index in [4.69, 9.17) is 5.26 Å². The van der Waals surface area contributed by atoms with E-state index in [2.05, 4.69) is 5.32 Å². The van der Waals surface area contributed by atoms with E-state index in [1.165, 1.54) is 4.31 Å². The van der Waals surface area contributed by atoms with Gasteiger partial charge in [0.05, 0.1) is 17.4 Å². The molecule has 1 aliphatic heterocycles. The number of rotatable bonds is 3. The minimum absolute atomic E-state index is 0.216. The second kappa shape index (κ2) is 5.52. The Morgan fingerprint density at radius 1 is 1.35 bits per heavy atom. The van der Waals surface area contributed by atoms with Gasteiger partial charge in [0.1, 0.15) is 0 Å². The molecule has 1 fully saturated rings. The van der Waals surface area contributed by atoms with E-state index in [-0.39, 0.29) is 10.4 Å². The van der Waals surface area contributed by atoms with E-state index < -0.39 is 10.0 Å². The topological polar surface area (TPSA) is 73.2 Å². The van der Waals surface area contributed by atoms with Gasteiger partial charge < -0.3 is 5.32 Å². The van der Waals surface area contributed by atoms with Gasteiger partial charge in [-0.05, 0) is 31.5 Å². The van der Waals surface area contributed by atoms with Crippen molar-refractivity contribution < 1.29 is 8.42 Å². The van der Waals surface area contributed by atoms with Crippen LogP contribution in [0.15, 0.2) is 29.2 Å². The first kappa shape index (κ1) is 15.0. The molecule has 1 N–H and O–H groups in total. The van der Waals surface area contributed by atoms with Crippen molar-refractivity contribution in [1.82, 2.24) is 9.62 Å². The highest BCUT2D eigenvalue weighted by Gasteiger charge is 2.33. The first-order valence-corrected chi connectivity index (χ1v) is 8.00. The zero-order valence-electron chi connectivity index (χ0n) is 11.8. The zero-order chi connectivity index (χ0) is 14.8. The van der Waals surface area contributed by atoms with Crippen LogP contribution in [-0.4, -0.2) is 37.9 Å². The van der Waals surface area contributed by atoms with Crippen LogP contribution in [0.4, 0.5) is 0 Å². The van der Waals surface area contributed by atoms with Gasteiger partial charge in [-0.1, -0.05) is 12.1 Å². The summed E-state index contributed by atoms with van der Waals surface area (Å²) < 4.78 is 26.7. The lowest BCUT2D eigenvalue weighted by atomic mass is 10.0. The number of hydrogen-bond donors (Lipinski definition) is 1. The van der Waals surface area contributed by atoms with E-state index in [1.54, 1.807) is 24.3 Å². The molecule has 0 aromatic heterocycles. The number of sulfonamides is 1. The molecule has 0 spiro atoms. The minimum Gasteiger partial charge on any atom is -0.309 e. The number of piperazine rings is 1. The molecule has 1 saturated heterocycles. The molecule has 1 aromatic carbocycles. The fourth-order valence-electron chi connectivity index (χ4n) is 2.32. The molecule has 0 saturated carbocycles. The average molecular weight is 293 g/mol. The molecule has 0 amide bonds. The third kappa shape index (κ3) is 3.18. The molecule has 1 heterocycles. The lowest BCUT2D eigenvalue weighted by Gasteiger charge is -2.38. The first-order chi connectivity index (χ1) is 9.35. The van der Waals surface area contributed by atoms with Gasteiger partial charge in [0.25, 0.3) is 0 Å². The molecule has 0 bridgehead atoms. The van der Waals surface area contributed by atoms with Crippen molar-refractivity contribution in [1.29, 1.82) is 5.26 Å². The average Bonchev–Trinajstić information content (AvgIpc) is 2.38. The standard InChI is InChI=1S/C14H19N3O2S/c1-14(2)11-17(10-9-16-14)20(18,19)13-5-3-12(4-6-13)7-8-15/h3-6,16H,7,9-11H2,1-2H3. The summed E-state index contributed by atoms with van der Waals surface area (Å²) >= 11 is 0. The van der Waals surface area contributed by atoms with Crippen LogP contribution in [0.3, 0.4) is 0 Å². The number of nitrogens with one attached hydrogen (secondary N) is 1. The van der Waals surface area contributed by atoms with Crippen molar-refractivity contribution in [3.05, 3.63) is 29.8 Å². The molecule has 0 aliphatic carbocycles. The summed E-state index contributed by atoms with van der Waals surface area (Å²) in [5, 5.41) is 11.9. The molecule has 1 aliphatic rings. The van der Waals surface area contributed by atoms with Gasteiger partial charge in [-0.25, -0.2) is 8.42 Å². The minimum atomic E-state index is -3.45. The van der Waals surface area contributed by atoms with Crippen LogP contribution in [0, 0.1) is 11.3 Å². The molecular weight excluding hydrogens is 274 g/mol. The molecular formula is C14H19N3O2S. The van der Waals surface area contributed by atoms with Crippen LogP contribution < -0.4 is 5.32 Å². The maximum atomic E-state index is 12.6. The molecule has 5 nitrogen and oxygen atoms in total. The van der Waals surface area contributed by atoms with E-state index >= 15 is 0 Å². The summed E-state index contributed by atoms with van der Waals surface area (Å²) in [6.45, 7) is 5.56. The summed E-state index contributed by atoms with van der Waals surface area (Å²) in [6.07, 6.45) is 0.293. The monoisotopic (exact) mass is 293 g/mol. The molecule has 2 rings (SSSR count). The highest BCUT2D eigenvalue weighted by molar-refractivity contribution is 7.89. The van der Waals surface area contributed by atoms with Gasteiger partial charge in [-0.2, -0.15) is 9.57 Å². The maximum absolute atomic E-state index is 12.6. The van der Waals surface area contributed by atoms with E-state index in [0.717, 1.165) is 5.56 Å². The second-order valence-corrected chi connectivity index (χ2v) is 7.57. The van der Waals surface area contributed by atoms with Crippen LogP contribution in [-0.2, 0) is 16.4 Å². The Bertz CT molecular complexity index is 615. The molecule has 108 valence electrons. The fraction of sp³-hybridized carbons (Fsp3) is 0.500. The molecule has 1 aromatic rings. The van der Waals surface area contributed by atoms with Crippen molar-refractivity contribution in [3.8, 4) is 6.07 Å². The Kier molecular flexibility index (Phi) is 4.14. The van der Waals surface area contributed by atoms with E-state index in [1.807, 2.05) is 19.9 Å². The van der Waals surface area contributed by atoms with Crippen LogP contribution in [0.25, 0.3) is 0 Å². The Morgan fingerprint density at radius 2 is 2.00 bits per heavy atom. The van der Waals surface area contributed by atoms with Gasteiger partial charge in [0.15, 0.2) is 0 Å². The predicted molar refractivity (Wildman–Crippen MR) is 76.6 cm³/mol. The van der Waals surface area contributed by atoms with Crippen molar-refractivity contribution in [2.45, 2.75) is 30.7 Å². The van der Waals surface area contributed by atoms with Gasteiger partial charge in [-0.15, -0.1) is 0 Å². The second-order valence-electron chi connectivity index (χ2n) is 5.63. The first-order valence-electron chi connectivity index (χ1n) is 6.56. The van der Waals surface area contributed by atoms with Crippen molar-refractivity contribution in [2.24, 2.45) is 0 Å². The van der Waals surface area contributed by atoms with Crippen LogP contribution in [0.1, 0.15) is 19.4 Å². The Labute approximate surface area is 120 Å². The molecule has 0 unspecified atom stereocenters. The zero-order valence-corrected chi connectivity index (χ0v) is 12.6. The van der Waals surface area contributed by atoms with Crippen molar-refractivity contribution >= 4 is 10.0 Å². The quantitative estimate of drug-likeness (QED) is 0.906. The third-order valence-corrected chi connectivity index (χ3v) is 5.24. The van der Waals surface area contributed by atoms with Crippen molar-refractivity contribution in [3.63, 3.8) is 0 Å². The normalized spacial score (nSPS) is 19.4. The number of nitrogens with zero attached hydrogens (tertiary/aromatic N) is 2. The summed E-state index contributed by atoms with van der Waals surface area (Å²) in [7, 11) is -3.45. The molecule has 0 atom stereocenters. The smallest absolute Gasteiger partial charge is 0.243 e. The van der Waals surface area contributed by atoms with Crippen LogP contribution >= 0.6 is 0 Å². The largest absolute Gasteiger partial charge is 0.309 e. The van der Waals surface area contributed by atoms with Gasteiger partial charge in [-0.3, -0.25) is 0 Å². The SMILES string of the molecule is CC1(C)CN(S(=O)(=O)c2ccc(CC#N)cc2)CCN1. The Hall–Kier alpha value is -1.42. The van der Waals surface area contributed by atoms with Gasteiger partial charge in [0, 0.05) is 25.2 Å². The van der Waals surface area contributed by atoms with Crippen LogP contribution in [0.5, 0.6) is 0 Å². The molecule has 6 heteroatoms.